The van der Waals surface area contributed by atoms with Crippen LogP contribution in [-0.2, 0) is 4.79 Å². The van der Waals surface area contributed by atoms with Gasteiger partial charge in [-0.05, 0) is 12.1 Å². The van der Waals surface area contributed by atoms with Gasteiger partial charge in [0.15, 0.2) is 12.0 Å². The van der Waals surface area contributed by atoms with E-state index in [1.165, 1.54) is 0 Å². The Labute approximate surface area is 140 Å². The van der Waals surface area contributed by atoms with Crippen LogP contribution in [0.2, 0.25) is 5.02 Å². The van der Waals surface area contributed by atoms with E-state index in [4.69, 9.17) is 16.3 Å². The second kappa shape index (κ2) is 6.64. The third-order valence-corrected chi connectivity index (χ3v) is 3.65. The Balaban J connectivity index is 1.77. The predicted octanol–water partition coefficient (Wildman–Crippen LogP) is 1.10. The van der Waals surface area contributed by atoms with Crippen LogP contribution in [0.25, 0.3) is 10.8 Å². The standard InChI is InChI=1S/C17H11ClN2O4/c18-12-7-3-4-8-13(12)24-9-14(21)19-20-15-16(22)10-5-1-2-6-11(10)17(15)23/h1-8H,9H2,(H,19,21). The van der Waals surface area contributed by atoms with Crippen LogP contribution in [0.1, 0.15) is 0 Å². The largest absolute Gasteiger partial charge is 0.482 e. The Hall–Kier alpha value is -2.99. The fraction of sp³-hybridized carbons (Fsp3) is 0.0588. The SMILES string of the molecule is O=C(COc1ccccc1Cl)NN=c1c(=O)c2ccccc2c1=O. The summed E-state index contributed by atoms with van der Waals surface area (Å²) in [6, 6.07) is 13.1. The Morgan fingerprint density at radius 1 is 1.00 bits per heavy atom. The summed E-state index contributed by atoms with van der Waals surface area (Å²) in [5, 5.41) is 4.25. The average molecular weight is 343 g/mol. The fourth-order valence-corrected chi connectivity index (χ4v) is 2.38. The molecule has 7 heteroatoms. The summed E-state index contributed by atoms with van der Waals surface area (Å²) < 4.78 is 5.25. The summed E-state index contributed by atoms with van der Waals surface area (Å²) in [4.78, 5) is 35.9. The van der Waals surface area contributed by atoms with E-state index in [1.54, 1.807) is 48.5 Å². The van der Waals surface area contributed by atoms with Crippen molar-refractivity contribution in [3.8, 4) is 5.75 Å². The number of carbonyl (C=O) groups excluding carboxylic acids is 1. The monoisotopic (exact) mass is 342 g/mol. The Bertz CT molecular complexity index is 1020. The van der Waals surface area contributed by atoms with Gasteiger partial charge in [-0.25, -0.2) is 5.43 Å². The van der Waals surface area contributed by atoms with Crippen molar-refractivity contribution in [3.05, 3.63) is 79.4 Å². The lowest BCUT2D eigenvalue weighted by Gasteiger charge is -2.05. The number of halogens is 1. The molecule has 1 N–H and O–H groups in total. The van der Waals surface area contributed by atoms with E-state index >= 15 is 0 Å². The van der Waals surface area contributed by atoms with E-state index in [0.29, 0.717) is 10.8 Å². The van der Waals surface area contributed by atoms with Crippen LogP contribution >= 0.6 is 11.6 Å². The van der Waals surface area contributed by atoms with Crippen LogP contribution in [-0.4, -0.2) is 12.5 Å². The zero-order chi connectivity index (χ0) is 17.1. The molecule has 0 aliphatic heterocycles. The number of para-hydroxylation sites is 1. The normalized spacial score (nSPS) is 10.5. The van der Waals surface area contributed by atoms with Crippen molar-refractivity contribution in [3.63, 3.8) is 0 Å². The number of rotatable bonds is 4. The van der Waals surface area contributed by atoms with Crippen LogP contribution in [0.3, 0.4) is 0 Å². The van der Waals surface area contributed by atoms with Crippen molar-refractivity contribution in [1.82, 2.24) is 5.43 Å². The third kappa shape index (κ3) is 3.04. The fourth-order valence-electron chi connectivity index (χ4n) is 2.19. The van der Waals surface area contributed by atoms with E-state index in [2.05, 4.69) is 10.5 Å². The molecule has 0 bridgehead atoms. The molecule has 3 aromatic rings. The van der Waals surface area contributed by atoms with Gasteiger partial charge in [-0.1, -0.05) is 48.0 Å². The molecule has 0 aliphatic rings. The van der Waals surface area contributed by atoms with Crippen LogP contribution in [0, 0.1) is 0 Å². The summed E-state index contributed by atoms with van der Waals surface area (Å²) >= 11 is 5.90. The van der Waals surface area contributed by atoms with Crippen molar-refractivity contribution in [2.45, 2.75) is 0 Å². The molecule has 0 radical (unpaired) electrons. The minimum absolute atomic E-state index is 0.280. The van der Waals surface area contributed by atoms with Gasteiger partial charge in [0.25, 0.3) is 5.91 Å². The first-order chi connectivity index (χ1) is 11.6. The molecule has 0 aliphatic carbocycles. The Kier molecular flexibility index (Phi) is 4.39. The molecule has 0 unspecified atom stereocenters. The lowest BCUT2D eigenvalue weighted by Crippen LogP contribution is -2.36. The van der Waals surface area contributed by atoms with E-state index in [-0.39, 0.29) is 22.7 Å². The number of fused-ring (bicyclic) bond motifs is 1. The number of carbonyl (C=O) groups is 1. The molecule has 6 nitrogen and oxygen atoms in total. The lowest BCUT2D eigenvalue weighted by molar-refractivity contribution is -0.123. The first-order valence-electron chi connectivity index (χ1n) is 7.00. The number of ether oxygens (including phenoxy) is 1. The van der Waals surface area contributed by atoms with Gasteiger partial charge in [0, 0.05) is 10.8 Å². The van der Waals surface area contributed by atoms with Crippen LogP contribution in [0.5, 0.6) is 5.75 Å². The summed E-state index contributed by atoms with van der Waals surface area (Å²) in [5.41, 5.74) is 1.13. The van der Waals surface area contributed by atoms with Gasteiger partial charge < -0.3 is 4.74 Å². The highest BCUT2D eigenvalue weighted by Crippen LogP contribution is 2.22. The summed E-state index contributed by atoms with van der Waals surface area (Å²) in [7, 11) is 0. The van der Waals surface area contributed by atoms with Crippen LogP contribution < -0.4 is 26.4 Å². The molecule has 0 aromatic heterocycles. The van der Waals surface area contributed by atoms with Gasteiger partial charge in [-0.15, -0.1) is 0 Å². The minimum Gasteiger partial charge on any atom is -0.482 e. The molecule has 3 rings (SSSR count). The summed E-state index contributed by atoms with van der Waals surface area (Å²) in [5.74, 6) is -0.263. The molecular weight excluding hydrogens is 332 g/mol. The molecule has 0 fully saturated rings. The molecule has 0 heterocycles. The second-order valence-corrected chi connectivity index (χ2v) is 5.33. The maximum Gasteiger partial charge on any atom is 0.277 e. The predicted molar refractivity (Wildman–Crippen MR) is 89.5 cm³/mol. The Morgan fingerprint density at radius 2 is 1.58 bits per heavy atom. The van der Waals surface area contributed by atoms with Crippen molar-refractivity contribution >= 4 is 28.3 Å². The number of hydrogen-bond acceptors (Lipinski definition) is 5. The number of amides is 1. The van der Waals surface area contributed by atoms with E-state index in [1.807, 2.05) is 0 Å². The molecule has 0 saturated carbocycles. The summed E-state index contributed by atoms with van der Waals surface area (Å²) in [6.07, 6.45) is 0. The second-order valence-electron chi connectivity index (χ2n) is 4.92. The first kappa shape index (κ1) is 15.9. The van der Waals surface area contributed by atoms with E-state index < -0.39 is 16.8 Å². The molecule has 0 saturated heterocycles. The maximum atomic E-state index is 12.1. The number of nitrogens with zero attached hydrogens (tertiary/aromatic N) is 1. The van der Waals surface area contributed by atoms with Crippen molar-refractivity contribution in [2.24, 2.45) is 5.10 Å². The van der Waals surface area contributed by atoms with E-state index in [0.717, 1.165) is 0 Å². The van der Waals surface area contributed by atoms with Crippen LogP contribution in [0.4, 0.5) is 0 Å². The van der Waals surface area contributed by atoms with Gasteiger partial charge >= 0.3 is 0 Å². The number of nitrogens with one attached hydrogen (secondary N) is 1. The number of hydrogen-bond donors (Lipinski definition) is 1. The zero-order valence-electron chi connectivity index (χ0n) is 12.3. The lowest BCUT2D eigenvalue weighted by atomic mass is 10.2. The molecule has 0 spiro atoms. The Morgan fingerprint density at radius 3 is 2.21 bits per heavy atom. The summed E-state index contributed by atoms with van der Waals surface area (Å²) in [6.45, 7) is -0.351. The number of benzene rings is 2. The van der Waals surface area contributed by atoms with E-state index in [9.17, 15) is 14.4 Å². The first-order valence-corrected chi connectivity index (χ1v) is 7.38. The highest BCUT2D eigenvalue weighted by molar-refractivity contribution is 6.32. The van der Waals surface area contributed by atoms with Gasteiger partial charge in [0.2, 0.25) is 10.9 Å². The van der Waals surface area contributed by atoms with Crippen LogP contribution in [0.15, 0.2) is 63.2 Å². The average Bonchev–Trinajstić information content (AvgIpc) is 2.84. The van der Waals surface area contributed by atoms with Crippen molar-refractivity contribution in [1.29, 1.82) is 0 Å². The molecular formula is C17H11ClN2O4. The van der Waals surface area contributed by atoms with Crippen molar-refractivity contribution in [2.75, 3.05) is 6.61 Å². The highest BCUT2D eigenvalue weighted by Gasteiger charge is 2.11. The van der Waals surface area contributed by atoms with Crippen molar-refractivity contribution < 1.29 is 9.53 Å². The topological polar surface area (TPSA) is 84.8 Å². The molecule has 24 heavy (non-hydrogen) atoms. The maximum absolute atomic E-state index is 12.1. The third-order valence-electron chi connectivity index (χ3n) is 3.33. The molecule has 3 aromatic carbocycles. The van der Waals surface area contributed by atoms with Gasteiger partial charge in [0.1, 0.15) is 5.75 Å². The van der Waals surface area contributed by atoms with Gasteiger partial charge in [-0.2, -0.15) is 5.10 Å². The zero-order valence-corrected chi connectivity index (χ0v) is 13.0. The quantitative estimate of drug-likeness (QED) is 0.719. The van der Waals surface area contributed by atoms with Gasteiger partial charge in [-0.3, -0.25) is 14.4 Å². The minimum atomic E-state index is -0.612. The molecule has 0 atom stereocenters. The highest BCUT2D eigenvalue weighted by atomic mass is 35.5. The van der Waals surface area contributed by atoms with Gasteiger partial charge in [0.05, 0.1) is 5.02 Å². The molecule has 1 amide bonds. The molecule has 120 valence electrons. The smallest absolute Gasteiger partial charge is 0.277 e.